The van der Waals surface area contributed by atoms with E-state index < -0.39 is 0 Å². The number of nitrogens with zero attached hydrogens (tertiary/aromatic N) is 1. The van der Waals surface area contributed by atoms with Crippen LogP contribution in [0.5, 0.6) is 0 Å². The predicted molar refractivity (Wildman–Crippen MR) is 63.0 cm³/mol. The lowest BCUT2D eigenvalue weighted by molar-refractivity contribution is 0.0600. The Hall–Kier alpha value is -2.07. The second-order valence-corrected chi connectivity index (χ2v) is 3.57. The quantitative estimate of drug-likeness (QED) is 0.819. The van der Waals surface area contributed by atoms with Gasteiger partial charge in [0, 0.05) is 17.6 Å². The standard InChI is InChI=1S/C13H13NO3/c1-17-13(16)10-4-2-5-11(8-10)14-7-3-6-12(14)9-15/h2-8,15H,9H2,1H3. The molecule has 0 unspecified atom stereocenters. The molecule has 1 aromatic heterocycles. The van der Waals surface area contributed by atoms with Crippen molar-refractivity contribution in [1.82, 2.24) is 4.57 Å². The highest BCUT2D eigenvalue weighted by Crippen LogP contribution is 2.15. The fourth-order valence-electron chi connectivity index (χ4n) is 1.70. The number of ether oxygens (including phenoxy) is 1. The van der Waals surface area contributed by atoms with Crippen molar-refractivity contribution in [3.05, 3.63) is 53.9 Å². The van der Waals surface area contributed by atoms with Crippen LogP contribution in [0.15, 0.2) is 42.6 Å². The maximum atomic E-state index is 11.4. The van der Waals surface area contributed by atoms with E-state index in [1.165, 1.54) is 7.11 Å². The van der Waals surface area contributed by atoms with Gasteiger partial charge < -0.3 is 14.4 Å². The van der Waals surface area contributed by atoms with Gasteiger partial charge in [0.2, 0.25) is 0 Å². The fourth-order valence-corrected chi connectivity index (χ4v) is 1.70. The van der Waals surface area contributed by atoms with E-state index in [4.69, 9.17) is 0 Å². The lowest BCUT2D eigenvalue weighted by Gasteiger charge is -2.08. The number of hydrogen-bond acceptors (Lipinski definition) is 3. The molecule has 0 aliphatic rings. The molecule has 0 saturated carbocycles. The summed E-state index contributed by atoms with van der Waals surface area (Å²) in [5, 5.41) is 9.18. The third-order valence-electron chi connectivity index (χ3n) is 2.54. The maximum Gasteiger partial charge on any atom is 0.337 e. The molecule has 0 aliphatic heterocycles. The number of rotatable bonds is 3. The molecule has 0 saturated heterocycles. The zero-order valence-electron chi connectivity index (χ0n) is 9.46. The van der Waals surface area contributed by atoms with Crippen molar-refractivity contribution < 1.29 is 14.6 Å². The van der Waals surface area contributed by atoms with Gasteiger partial charge in [-0.1, -0.05) is 6.07 Å². The zero-order valence-corrected chi connectivity index (χ0v) is 9.46. The summed E-state index contributed by atoms with van der Waals surface area (Å²) in [7, 11) is 1.35. The van der Waals surface area contributed by atoms with E-state index >= 15 is 0 Å². The lowest BCUT2D eigenvalue weighted by Crippen LogP contribution is -2.04. The molecule has 4 nitrogen and oxygen atoms in total. The normalized spacial score (nSPS) is 10.2. The van der Waals surface area contributed by atoms with E-state index in [1.54, 1.807) is 18.2 Å². The Bertz CT molecular complexity index is 531. The number of esters is 1. The highest BCUT2D eigenvalue weighted by Gasteiger charge is 2.07. The topological polar surface area (TPSA) is 51.5 Å². The van der Waals surface area contributed by atoms with Crippen LogP contribution in [-0.4, -0.2) is 22.8 Å². The van der Waals surface area contributed by atoms with Gasteiger partial charge in [0.25, 0.3) is 0 Å². The molecular formula is C13H13NO3. The van der Waals surface area contributed by atoms with Gasteiger partial charge in [-0.15, -0.1) is 0 Å². The summed E-state index contributed by atoms with van der Waals surface area (Å²) in [5.74, 6) is -0.371. The number of methoxy groups -OCH3 is 1. The van der Waals surface area contributed by atoms with Crippen LogP contribution in [-0.2, 0) is 11.3 Å². The van der Waals surface area contributed by atoms with E-state index in [-0.39, 0.29) is 12.6 Å². The van der Waals surface area contributed by atoms with Gasteiger partial charge in [-0.3, -0.25) is 0 Å². The SMILES string of the molecule is COC(=O)c1cccc(-n2cccc2CO)c1. The molecule has 0 atom stereocenters. The van der Waals surface area contributed by atoms with Crippen molar-refractivity contribution in [1.29, 1.82) is 0 Å². The first kappa shape index (κ1) is 11.4. The average Bonchev–Trinajstić information content (AvgIpc) is 2.86. The Balaban J connectivity index is 2.43. The first-order valence-corrected chi connectivity index (χ1v) is 5.22. The molecular weight excluding hydrogens is 218 g/mol. The van der Waals surface area contributed by atoms with E-state index in [2.05, 4.69) is 4.74 Å². The maximum absolute atomic E-state index is 11.4. The first-order valence-electron chi connectivity index (χ1n) is 5.22. The van der Waals surface area contributed by atoms with E-state index in [9.17, 15) is 9.90 Å². The predicted octanol–water partition coefficient (Wildman–Crippen LogP) is 1.76. The van der Waals surface area contributed by atoms with Crippen molar-refractivity contribution in [2.45, 2.75) is 6.61 Å². The molecule has 2 aromatic rings. The Morgan fingerprint density at radius 2 is 2.18 bits per heavy atom. The molecule has 0 amide bonds. The largest absolute Gasteiger partial charge is 0.465 e. The summed E-state index contributed by atoms with van der Waals surface area (Å²) in [4.78, 5) is 11.4. The first-order chi connectivity index (χ1) is 8.26. The minimum atomic E-state index is -0.371. The highest BCUT2D eigenvalue weighted by atomic mass is 16.5. The van der Waals surface area contributed by atoms with E-state index in [0.717, 1.165) is 11.4 Å². The number of benzene rings is 1. The monoisotopic (exact) mass is 231 g/mol. The Kier molecular flexibility index (Phi) is 3.25. The van der Waals surface area contributed by atoms with Crippen molar-refractivity contribution in [3.8, 4) is 5.69 Å². The second kappa shape index (κ2) is 4.84. The lowest BCUT2D eigenvalue weighted by atomic mass is 10.2. The second-order valence-electron chi connectivity index (χ2n) is 3.57. The van der Waals surface area contributed by atoms with Gasteiger partial charge in [0.15, 0.2) is 0 Å². The third kappa shape index (κ3) is 2.21. The summed E-state index contributed by atoms with van der Waals surface area (Å²) in [6.07, 6.45) is 1.84. The molecule has 0 bridgehead atoms. The van der Waals surface area contributed by atoms with Crippen LogP contribution in [0.4, 0.5) is 0 Å². The number of carbonyl (C=O) groups is 1. The van der Waals surface area contributed by atoms with Gasteiger partial charge in [-0.25, -0.2) is 4.79 Å². The number of aromatic nitrogens is 1. The fraction of sp³-hybridized carbons (Fsp3) is 0.154. The molecule has 2 rings (SSSR count). The summed E-state index contributed by atoms with van der Waals surface area (Å²) in [6, 6.07) is 10.7. The van der Waals surface area contributed by atoms with Gasteiger partial charge in [-0.2, -0.15) is 0 Å². The molecule has 88 valence electrons. The van der Waals surface area contributed by atoms with Crippen LogP contribution in [0.3, 0.4) is 0 Å². The summed E-state index contributed by atoms with van der Waals surface area (Å²) >= 11 is 0. The average molecular weight is 231 g/mol. The van der Waals surface area contributed by atoms with E-state index in [1.807, 2.05) is 29.0 Å². The van der Waals surface area contributed by atoms with Crippen molar-refractivity contribution in [2.75, 3.05) is 7.11 Å². The van der Waals surface area contributed by atoms with Gasteiger partial charge in [0.05, 0.1) is 19.3 Å². The van der Waals surface area contributed by atoms with Crippen molar-refractivity contribution in [2.24, 2.45) is 0 Å². The number of carbonyl (C=O) groups excluding carboxylic acids is 1. The summed E-state index contributed by atoms with van der Waals surface area (Å²) < 4.78 is 6.49. The Morgan fingerprint density at radius 3 is 2.88 bits per heavy atom. The van der Waals surface area contributed by atoms with Gasteiger partial charge in [-0.05, 0) is 30.3 Å². The van der Waals surface area contributed by atoms with Crippen LogP contribution in [0.1, 0.15) is 16.1 Å². The van der Waals surface area contributed by atoms with Crippen LogP contribution >= 0.6 is 0 Å². The molecule has 1 heterocycles. The van der Waals surface area contributed by atoms with Crippen molar-refractivity contribution in [3.63, 3.8) is 0 Å². The minimum Gasteiger partial charge on any atom is -0.465 e. The number of hydrogen-bond donors (Lipinski definition) is 1. The smallest absolute Gasteiger partial charge is 0.337 e. The minimum absolute atomic E-state index is 0.0462. The molecule has 0 fully saturated rings. The molecule has 0 aliphatic carbocycles. The van der Waals surface area contributed by atoms with Crippen LogP contribution < -0.4 is 0 Å². The number of aliphatic hydroxyl groups excluding tert-OH is 1. The summed E-state index contributed by atoms with van der Waals surface area (Å²) in [6.45, 7) is -0.0462. The van der Waals surface area contributed by atoms with Crippen molar-refractivity contribution >= 4 is 5.97 Å². The van der Waals surface area contributed by atoms with Crippen LogP contribution in [0.25, 0.3) is 5.69 Å². The van der Waals surface area contributed by atoms with E-state index in [0.29, 0.717) is 5.56 Å². The van der Waals surface area contributed by atoms with Crippen LogP contribution in [0.2, 0.25) is 0 Å². The summed E-state index contributed by atoms with van der Waals surface area (Å²) in [5.41, 5.74) is 2.08. The molecule has 0 radical (unpaired) electrons. The molecule has 1 N–H and O–H groups in total. The zero-order chi connectivity index (χ0) is 12.3. The Labute approximate surface area is 99.1 Å². The third-order valence-corrected chi connectivity index (χ3v) is 2.54. The number of aliphatic hydroxyl groups is 1. The Morgan fingerprint density at radius 1 is 1.35 bits per heavy atom. The molecule has 4 heteroatoms. The highest BCUT2D eigenvalue weighted by molar-refractivity contribution is 5.89. The van der Waals surface area contributed by atoms with Crippen LogP contribution in [0, 0.1) is 0 Å². The molecule has 17 heavy (non-hydrogen) atoms. The molecule has 1 aromatic carbocycles. The van der Waals surface area contributed by atoms with Gasteiger partial charge >= 0.3 is 5.97 Å². The molecule has 0 spiro atoms. The van der Waals surface area contributed by atoms with Gasteiger partial charge in [0.1, 0.15) is 0 Å².